The van der Waals surface area contributed by atoms with E-state index in [0.717, 1.165) is 5.92 Å². The second kappa shape index (κ2) is 4.90. The molecule has 0 amide bonds. The molecular formula is C10H18OS. The van der Waals surface area contributed by atoms with Gasteiger partial charge in [0.2, 0.25) is 0 Å². The van der Waals surface area contributed by atoms with Crippen molar-refractivity contribution in [2.24, 2.45) is 5.92 Å². The van der Waals surface area contributed by atoms with Gasteiger partial charge in [0.15, 0.2) is 5.12 Å². The predicted octanol–water partition coefficient (Wildman–Crippen LogP) is 3.23. The summed E-state index contributed by atoms with van der Waals surface area (Å²) in [6.07, 6.45) is 6.52. The minimum atomic E-state index is 0.292. The Hall–Kier alpha value is 0.0200. The van der Waals surface area contributed by atoms with Crippen molar-refractivity contribution in [2.75, 3.05) is 0 Å². The molecule has 2 unspecified atom stereocenters. The van der Waals surface area contributed by atoms with Gasteiger partial charge in [0, 0.05) is 12.2 Å². The highest BCUT2D eigenvalue weighted by Crippen LogP contribution is 2.35. The maximum Gasteiger partial charge on any atom is 0.186 e. The number of hydrogen-bond donors (Lipinski definition) is 0. The Bertz CT molecular complexity index is 156. The molecule has 70 valence electrons. The molecule has 0 aromatic carbocycles. The van der Waals surface area contributed by atoms with E-state index in [2.05, 4.69) is 6.92 Å². The van der Waals surface area contributed by atoms with Crippen molar-refractivity contribution in [3.05, 3.63) is 0 Å². The Labute approximate surface area is 79.3 Å². The zero-order chi connectivity index (χ0) is 8.97. The van der Waals surface area contributed by atoms with E-state index >= 15 is 0 Å². The number of thioether (sulfide) groups is 1. The molecule has 1 rings (SSSR count). The summed E-state index contributed by atoms with van der Waals surface area (Å²) < 4.78 is 0. The average Bonchev–Trinajstić information content (AvgIpc) is 2.04. The molecule has 0 spiro atoms. The Morgan fingerprint density at radius 1 is 1.42 bits per heavy atom. The molecular weight excluding hydrogens is 168 g/mol. The van der Waals surface area contributed by atoms with E-state index in [-0.39, 0.29) is 0 Å². The van der Waals surface area contributed by atoms with Gasteiger partial charge in [0.1, 0.15) is 0 Å². The van der Waals surface area contributed by atoms with Gasteiger partial charge in [-0.25, -0.2) is 0 Å². The smallest absolute Gasteiger partial charge is 0.186 e. The highest BCUT2D eigenvalue weighted by atomic mass is 32.2. The van der Waals surface area contributed by atoms with Crippen LogP contribution in [0.5, 0.6) is 0 Å². The molecule has 0 aliphatic heterocycles. The van der Waals surface area contributed by atoms with Crippen LogP contribution < -0.4 is 0 Å². The lowest BCUT2D eigenvalue weighted by Crippen LogP contribution is -2.22. The largest absolute Gasteiger partial charge is 0.288 e. The fourth-order valence-corrected chi connectivity index (χ4v) is 3.24. The normalized spacial score (nSPS) is 30.2. The molecule has 0 aromatic rings. The maximum atomic E-state index is 10.9. The second-order valence-corrected chi connectivity index (χ2v) is 5.02. The zero-order valence-corrected chi connectivity index (χ0v) is 8.82. The standard InChI is InChI=1S/C10H18OS/c1-3-9-6-4-5-7-10(9)12-8(2)11/h9-10H,3-7H2,1-2H3. The summed E-state index contributed by atoms with van der Waals surface area (Å²) in [5.74, 6) is 0.799. The first-order valence-corrected chi connectivity index (χ1v) is 5.79. The van der Waals surface area contributed by atoms with Crippen LogP contribution in [0.2, 0.25) is 0 Å². The first-order valence-electron chi connectivity index (χ1n) is 4.91. The van der Waals surface area contributed by atoms with Gasteiger partial charge in [-0.2, -0.15) is 0 Å². The minimum Gasteiger partial charge on any atom is -0.288 e. The Kier molecular flexibility index (Phi) is 4.13. The van der Waals surface area contributed by atoms with Crippen molar-refractivity contribution >= 4 is 16.9 Å². The number of rotatable bonds is 2. The van der Waals surface area contributed by atoms with Crippen molar-refractivity contribution in [1.82, 2.24) is 0 Å². The van der Waals surface area contributed by atoms with E-state index in [9.17, 15) is 4.79 Å². The minimum absolute atomic E-state index is 0.292. The Morgan fingerprint density at radius 2 is 2.08 bits per heavy atom. The summed E-state index contributed by atoms with van der Waals surface area (Å²) in [6.45, 7) is 3.93. The van der Waals surface area contributed by atoms with Gasteiger partial charge in [0.25, 0.3) is 0 Å². The van der Waals surface area contributed by atoms with Crippen molar-refractivity contribution in [3.8, 4) is 0 Å². The van der Waals surface area contributed by atoms with Crippen LogP contribution in [0, 0.1) is 5.92 Å². The molecule has 1 fully saturated rings. The molecule has 0 heterocycles. The van der Waals surface area contributed by atoms with E-state index in [1.807, 2.05) is 0 Å². The van der Waals surface area contributed by atoms with Gasteiger partial charge in [0.05, 0.1) is 0 Å². The van der Waals surface area contributed by atoms with Crippen LogP contribution in [-0.4, -0.2) is 10.4 Å². The highest BCUT2D eigenvalue weighted by molar-refractivity contribution is 8.14. The van der Waals surface area contributed by atoms with Gasteiger partial charge in [-0.3, -0.25) is 4.79 Å². The topological polar surface area (TPSA) is 17.1 Å². The van der Waals surface area contributed by atoms with E-state index in [4.69, 9.17) is 0 Å². The quantitative estimate of drug-likeness (QED) is 0.658. The lowest BCUT2D eigenvalue weighted by molar-refractivity contribution is -0.109. The molecule has 0 N–H and O–H groups in total. The summed E-state index contributed by atoms with van der Waals surface area (Å²) in [5.41, 5.74) is 0. The maximum absolute atomic E-state index is 10.9. The van der Waals surface area contributed by atoms with Crippen LogP contribution in [-0.2, 0) is 4.79 Å². The highest BCUT2D eigenvalue weighted by Gasteiger charge is 2.24. The first-order chi connectivity index (χ1) is 5.74. The van der Waals surface area contributed by atoms with Crippen molar-refractivity contribution in [3.63, 3.8) is 0 Å². The van der Waals surface area contributed by atoms with Crippen LogP contribution in [0.1, 0.15) is 46.0 Å². The molecule has 1 aliphatic rings. The van der Waals surface area contributed by atoms with Crippen molar-refractivity contribution in [1.29, 1.82) is 0 Å². The summed E-state index contributed by atoms with van der Waals surface area (Å²) >= 11 is 1.57. The molecule has 1 aliphatic carbocycles. The van der Waals surface area contributed by atoms with Crippen molar-refractivity contribution < 1.29 is 4.79 Å². The molecule has 1 saturated carbocycles. The van der Waals surface area contributed by atoms with Gasteiger partial charge in [-0.15, -0.1) is 0 Å². The third-order valence-corrected chi connectivity index (χ3v) is 3.94. The predicted molar refractivity (Wildman–Crippen MR) is 54.3 cm³/mol. The average molecular weight is 186 g/mol. The molecule has 0 saturated heterocycles. The second-order valence-electron chi connectivity index (χ2n) is 3.60. The zero-order valence-electron chi connectivity index (χ0n) is 8.01. The van der Waals surface area contributed by atoms with Crippen LogP contribution in [0.25, 0.3) is 0 Å². The van der Waals surface area contributed by atoms with Gasteiger partial charge in [-0.05, 0) is 18.8 Å². The third-order valence-electron chi connectivity index (χ3n) is 2.68. The first kappa shape index (κ1) is 10.1. The van der Waals surface area contributed by atoms with Gasteiger partial charge < -0.3 is 0 Å². The third kappa shape index (κ3) is 2.81. The lowest BCUT2D eigenvalue weighted by atomic mass is 9.87. The molecule has 0 aromatic heterocycles. The summed E-state index contributed by atoms with van der Waals surface area (Å²) in [7, 11) is 0. The SMILES string of the molecule is CCC1CCCCC1SC(C)=O. The molecule has 12 heavy (non-hydrogen) atoms. The summed E-state index contributed by atoms with van der Waals surface area (Å²) in [4.78, 5) is 10.9. The number of carbonyl (C=O) groups is 1. The summed E-state index contributed by atoms with van der Waals surface area (Å²) in [6, 6.07) is 0. The van der Waals surface area contributed by atoms with Crippen LogP contribution in [0.4, 0.5) is 0 Å². The van der Waals surface area contributed by atoms with Crippen LogP contribution in [0.15, 0.2) is 0 Å². The molecule has 2 heteroatoms. The lowest BCUT2D eigenvalue weighted by Gasteiger charge is -2.29. The Morgan fingerprint density at radius 3 is 2.67 bits per heavy atom. The number of carbonyl (C=O) groups excluding carboxylic acids is 1. The molecule has 1 nitrogen and oxygen atoms in total. The molecule has 2 atom stereocenters. The van der Waals surface area contributed by atoms with E-state index in [1.54, 1.807) is 18.7 Å². The van der Waals surface area contributed by atoms with Gasteiger partial charge >= 0.3 is 0 Å². The van der Waals surface area contributed by atoms with Crippen molar-refractivity contribution in [2.45, 2.75) is 51.2 Å². The van der Waals surface area contributed by atoms with Crippen LogP contribution >= 0.6 is 11.8 Å². The Balaban J connectivity index is 2.41. The van der Waals surface area contributed by atoms with E-state index < -0.39 is 0 Å². The van der Waals surface area contributed by atoms with Gasteiger partial charge in [-0.1, -0.05) is 37.9 Å². The number of hydrogen-bond acceptors (Lipinski definition) is 2. The fourth-order valence-electron chi connectivity index (χ4n) is 2.01. The van der Waals surface area contributed by atoms with Crippen LogP contribution in [0.3, 0.4) is 0 Å². The molecule has 0 radical (unpaired) electrons. The molecule has 0 bridgehead atoms. The van der Waals surface area contributed by atoms with E-state index in [1.165, 1.54) is 32.1 Å². The summed E-state index contributed by atoms with van der Waals surface area (Å²) in [5, 5.41) is 0.918. The van der Waals surface area contributed by atoms with E-state index in [0.29, 0.717) is 10.4 Å². The monoisotopic (exact) mass is 186 g/mol. The fraction of sp³-hybridized carbons (Fsp3) is 0.900.